The molecule has 3 aromatic rings. The maximum Gasteiger partial charge on any atom is 0.287 e. The Morgan fingerprint density at radius 1 is 1.29 bits per heavy atom. The van der Waals surface area contributed by atoms with E-state index < -0.39 is 4.92 Å². The maximum absolute atomic E-state index is 10.7. The molecule has 3 rings (SSSR count). The number of aromatic nitrogens is 4. The fourth-order valence-corrected chi connectivity index (χ4v) is 3.15. The van der Waals surface area contributed by atoms with Crippen LogP contribution in [0.25, 0.3) is 11.4 Å². The van der Waals surface area contributed by atoms with E-state index in [0.29, 0.717) is 27.6 Å². The number of nitro groups is 1. The number of benzene rings is 1. The van der Waals surface area contributed by atoms with E-state index in [9.17, 15) is 10.1 Å². The van der Waals surface area contributed by atoms with E-state index in [1.165, 1.54) is 24.0 Å². The summed E-state index contributed by atoms with van der Waals surface area (Å²) in [6.45, 7) is 2.66. The second-order valence-electron chi connectivity index (χ2n) is 4.77. The van der Waals surface area contributed by atoms with Crippen molar-refractivity contribution in [1.82, 2.24) is 19.7 Å². The summed E-state index contributed by atoms with van der Waals surface area (Å²) in [7, 11) is 0. The zero-order chi connectivity index (χ0) is 17.1. The third kappa shape index (κ3) is 3.39. The van der Waals surface area contributed by atoms with E-state index in [4.69, 9.17) is 11.6 Å². The minimum Gasteiger partial charge on any atom is -0.302 e. The lowest BCUT2D eigenvalue weighted by atomic mass is 10.2. The second-order valence-corrected chi connectivity index (χ2v) is 6.20. The standard InChI is InChI=1S/C15H12ClN5O2S/c1-2-20-14(10-4-3-5-11(16)8-10)18-19-15(20)24-13-7-6-12(9-17-13)21(22)23/h3-9H,2H2,1H3. The number of nitrogens with zero attached hydrogens (tertiary/aromatic N) is 5. The highest BCUT2D eigenvalue weighted by molar-refractivity contribution is 7.99. The van der Waals surface area contributed by atoms with Crippen LogP contribution in [0.15, 0.2) is 52.8 Å². The molecule has 2 heterocycles. The van der Waals surface area contributed by atoms with Crippen molar-refractivity contribution < 1.29 is 4.92 Å². The molecule has 0 unspecified atom stereocenters. The first-order chi connectivity index (χ1) is 11.6. The molecule has 7 nitrogen and oxygen atoms in total. The smallest absolute Gasteiger partial charge is 0.287 e. The van der Waals surface area contributed by atoms with E-state index in [0.717, 1.165) is 5.56 Å². The third-order valence-electron chi connectivity index (χ3n) is 3.24. The number of halogens is 1. The van der Waals surface area contributed by atoms with Crippen LogP contribution in [0.3, 0.4) is 0 Å². The summed E-state index contributed by atoms with van der Waals surface area (Å²) in [5.41, 5.74) is 0.830. The molecule has 0 aliphatic rings. The highest BCUT2D eigenvalue weighted by atomic mass is 35.5. The molecule has 24 heavy (non-hydrogen) atoms. The van der Waals surface area contributed by atoms with Gasteiger partial charge in [0, 0.05) is 23.2 Å². The highest BCUT2D eigenvalue weighted by Crippen LogP contribution is 2.29. The van der Waals surface area contributed by atoms with Gasteiger partial charge in [-0.05, 0) is 36.9 Å². The van der Waals surface area contributed by atoms with Crippen LogP contribution < -0.4 is 0 Å². The molecule has 0 saturated heterocycles. The van der Waals surface area contributed by atoms with Crippen molar-refractivity contribution in [1.29, 1.82) is 0 Å². The monoisotopic (exact) mass is 361 g/mol. The van der Waals surface area contributed by atoms with Crippen LogP contribution in [0.2, 0.25) is 5.02 Å². The Hall–Kier alpha value is -2.45. The lowest BCUT2D eigenvalue weighted by Crippen LogP contribution is -2.00. The normalized spacial score (nSPS) is 10.8. The molecule has 2 aromatic heterocycles. The molecule has 0 fully saturated rings. The van der Waals surface area contributed by atoms with E-state index in [2.05, 4.69) is 15.2 Å². The van der Waals surface area contributed by atoms with Crippen LogP contribution in [-0.4, -0.2) is 24.7 Å². The average molecular weight is 362 g/mol. The van der Waals surface area contributed by atoms with Crippen molar-refractivity contribution in [3.63, 3.8) is 0 Å². The van der Waals surface area contributed by atoms with Gasteiger partial charge in [0.2, 0.25) is 0 Å². The van der Waals surface area contributed by atoms with Gasteiger partial charge in [0.1, 0.15) is 11.2 Å². The molecule has 0 amide bonds. The molecule has 0 saturated carbocycles. The number of pyridine rings is 1. The van der Waals surface area contributed by atoms with Crippen molar-refractivity contribution in [2.45, 2.75) is 23.7 Å². The minimum atomic E-state index is -0.479. The van der Waals surface area contributed by atoms with Crippen molar-refractivity contribution in [3.05, 3.63) is 57.7 Å². The molecule has 1 aromatic carbocycles. The Morgan fingerprint density at radius 3 is 2.75 bits per heavy atom. The summed E-state index contributed by atoms with van der Waals surface area (Å²) in [4.78, 5) is 14.3. The summed E-state index contributed by atoms with van der Waals surface area (Å²) in [5.74, 6) is 0.712. The van der Waals surface area contributed by atoms with Crippen LogP contribution in [-0.2, 0) is 6.54 Å². The zero-order valence-corrected chi connectivity index (χ0v) is 14.2. The van der Waals surface area contributed by atoms with Gasteiger partial charge in [0.15, 0.2) is 11.0 Å². The highest BCUT2D eigenvalue weighted by Gasteiger charge is 2.15. The Balaban J connectivity index is 1.90. The van der Waals surface area contributed by atoms with E-state index >= 15 is 0 Å². The van der Waals surface area contributed by atoms with Gasteiger partial charge in [-0.2, -0.15) is 0 Å². The quantitative estimate of drug-likeness (QED) is 0.502. The van der Waals surface area contributed by atoms with Crippen molar-refractivity contribution >= 4 is 29.1 Å². The fourth-order valence-electron chi connectivity index (χ4n) is 2.12. The molecular formula is C15H12ClN5O2S. The lowest BCUT2D eigenvalue weighted by Gasteiger charge is -2.07. The summed E-state index contributed by atoms with van der Waals surface area (Å²) < 4.78 is 1.94. The molecule has 0 spiro atoms. The van der Waals surface area contributed by atoms with Gasteiger partial charge < -0.3 is 4.57 Å². The van der Waals surface area contributed by atoms with Gasteiger partial charge in [-0.3, -0.25) is 10.1 Å². The first-order valence-electron chi connectivity index (χ1n) is 7.06. The lowest BCUT2D eigenvalue weighted by molar-refractivity contribution is -0.385. The van der Waals surface area contributed by atoms with E-state index in [1.807, 2.05) is 29.7 Å². The predicted octanol–water partition coefficient (Wildman–Crippen LogP) is 4.07. The zero-order valence-electron chi connectivity index (χ0n) is 12.6. The molecule has 0 aliphatic carbocycles. The van der Waals surface area contributed by atoms with Crippen LogP contribution in [0.1, 0.15) is 6.92 Å². The summed E-state index contributed by atoms with van der Waals surface area (Å²) in [5, 5.41) is 21.0. The third-order valence-corrected chi connectivity index (χ3v) is 4.41. The summed E-state index contributed by atoms with van der Waals surface area (Å²) in [6.07, 6.45) is 1.23. The van der Waals surface area contributed by atoms with Gasteiger partial charge in [-0.25, -0.2) is 4.98 Å². The minimum absolute atomic E-state index is 0.0454. The molecule has 0 radical (unpaired) electrons. The number of hydrogen-bond donors (Lipinski definition) is 0. The second kappa shape index (κ2) is 6.98. The Morgan fingerprint density at radius 2 is 2.12 bits per heavy atom. The van der Waals surface area contributed by atoms with Gasteiger partial charge in [0.25, 0.3) is 5.69 Å². The molecule has 0 N–H and O–H groups in total. The summed E-state index contributed by atoms with van der Waals surface area (Å²) >= 11 is 7.34. The maximum atomic E-state index is 10.7. The Kier molecular flexibility index (Phi) is 4.77. The molecule has 122 valence electrons. The van der Waals surface area contributed by atoms with Crippen LogP contribution >= 0.6 is 23.4 Å². The number of rotatable bonds is 5. The largest absolute Gasteiger partial charge is 0.302 e. The van der Waals surface area contributed by atoms with Crippen molar-refractivity contribution in [2.24, 2.45) is 0 Å². The van der Waals surface area contributed by atoms with Crippen LogP contribution in [0.5, 0.6) is 0 Å². The average Bonchev–Trinajstić information content (AvgIpc) is 2.98. The van der Waals surface area contributed by atoms with E-state index in [1.54, 1.807) is 12.1 Å². The summed E-state index contributed by atoms with van der Waals surface area (Å²) in [6, 6.07) is 10.4. The molecular weight excluding hydrogens is 350 g/mol. The van der Waals surface area contributed by atoms with Crippen LogP contribution in [0, 0.1) is 10.1 Å². The van der Waals surface area contributed by atoms with Gasteiger partial charge >= 0.3 is 0 Å². The molecule has 0 bridgehead atoms. The first kappa shape index (κ1) is 16.4. The van der Waals surface area contributed by atoms with Gasteiger partial charge in [0.05, 0.1) is 4.92 Å². The Bertz CT molecular complexity index is 882. The number of hydrogen-bond acceptors (Lipinski definition) is 6. The predicted molar refractivity (Wildman–Crippen MR) is 91.2 cm³/mol. The van der Waals surface area contributed by atoms with Gasteiger partial charge in [-0.1, -0.05) is 23.7 Å². The molecule has 0 aliphatic heterocycles. The topological polar surface area (TPSA) is 86.7 Å². The van der Waals surface area contributed by atoms with Crippen molar-refractivity contribution in [2.75, 3.05) is 0 Å². The van der Waals surface area contributed by atoms with Gasteiger partial charge in [-0.15, -0.1) is 10.2 Å². The van der Waals surface area contributed by atoms with E-state index in [-0.39, 0.29) is 5.69 Å². The molecule has 9 heteroatoms. The van der Waals surface area contributed by atoms with Crippen LogP contribution in [0.4, 0.5) is 5.69 Å². The Labute approximate surface area is 146 Å². The van der Waals surface area contributed by atoms with Crippen molar-refractivity contribution in [3.8, 4) is 11.4 Å². The SMILES string of the molecule is CCn1c(Sc2ccc([N+](=O)[O-])cn2)nnc1-c1cccc(Cl)c1. The molecule has 0 atom stereocenters. The fraction of sp³-hybridized carbons (Fsp3) is 0.133. The first-order valence-corrected chi connectivity index (χ1v) is 8.25.